The molecule has 1 atom stereocenters. The fraction of sp³-hybridized carbons (Fsp3) is 0.250. The van der Waals surface area contributed by atoms with Crippen LogP contribution in [0.4, 0.5) is 5.69 Å². The third-order valence-electron chi connectivity index (χ3n) is 3.31. The van der Waals surface area contributed by atoms with Crippen LogP contribution in [0.1, 0.15) is 18.6 Å². The maximum atomic E-state index is 6.20. The molecule has 1 aliphatic rings. The smallest absolute Gasteiger partial charge is 0.162 e. The molecule has 3 rings (SSSR count). The largest absolute Gasteiger partial charge is 0.494 e. The van der Waals surface area contributed by atoms with Crippen molar-refractivity contribution in [2.24, 2.45) is 0 Å². The topological polar surface area (TPSA) is 30.5 Å². The zero-order chi connectivity index (χ0) is 14.8. The Morgan fingerprint density at radius 2 is 2.00 bits per heavy atom. The van der Waals surface area contributed by atoms with E-state index in [0.29, 0.717) is 28.9 Å². The summed E-state index contributed by atoms with van der Waals surface area (Å²) in [5, 5.41) is 4.41. The Morgan fingerprint density at radius 3 is 2.71 bits per heavy atom. The van der Waals surface area contributed by atoms with Crippen LogP contribution in [0.3, 0.4) is 0 Å². The van der Waals surface area contributed by atoms with Crippen LogP contribution in [0.25, 0.3) is 0 Å². The van der Waals surface area contributed by atoms with Gasteiger partial charge in [0.25, 0.3) is 0 Å². The van der Waals surface area contributed by atoms with Crippen LogP contribution in [0.5, 0.6) is 11.5 Å². The first-order valence-electron chi connectivity index (χ1n) is 6.79. The van der Waals surface area contributed by atoms with Crippen molar-refractivity contribution < 1.29 is 9.47 Å². The van der Waals surface area contributed by atoms with E-state index in [4.69, 9.17) is 32.7 Å². The molecule has 0 spiro atoms. The van der Waals surface area contributed by atoms with Gasteiger partial charge in [-0.25, -0.2) is 0 Å². The SMILES string of the molecule is CCOc1ccc(C2CNc3cc(Cl)cc(Cl)c3O2)cc1. The molecule has 3 nitrogen and oxygen atoms in total. The zero-order valence-electron chi connectivity index (χ0n) is 11.5. The molecule has 1 N–H and O–H groups in total. The van der Waals surface area contributed by atoms with Crippen LogP contribution in [0, 0.1) is 0 Å². The van der Waals surface area contributed by atoms with E-state index >= 15 is 0 Å². The highest BCUT2D eigenvalue weighted by Gasteiger charge is 2.23. The first kappa shape index (κ1) is 14.4. The number of nitrogens with one attached hydrogen (secondary N) is 1. The standard InChI is InChI=1S/C16H15Cl2NO2/c1-2-20-12-5-3-10(4-6-12)15-9-19-14-8-11(17)7-13(18)16(14)21-15/h3-8,15,19H,2,9H2,1H3. The van der Waals surface area contributed by atoms with Crippen molar-refractivity contribution >= 4 is 28.9 Å². The van der Waals surface area contributed by atoms with Crippen molar-refractivity contribution in [1.29, 1.82) is 0 Å². The van der Waals surface area contributed by atoms with Gasteiger partial charge in [0.1, 0.15) is 11.9 Å². The molecule has 0 radical (unpaired) electrons. The summed E-state index contributed by atoms with van der Waals surface area (Å²) >= 11 is 12.2. The second-order valence-electron chi connectivity index (χ2n) is 4.75. The highest BCUT2D eigenvalue weighted by atomic mass is 35.5. The molecule has 0 amide bonds. The molecule has 1 unspecified atom stereocenters. The summed E-state index contributed by atoms with van der Waals surface area (Å²) in [6, 6.07) is 11.4. The molecule has 5 heteroatoms. The number of anilines is 1. The Balaban J connectivity index is 1.82. The average Bonchev–Trinajstić information content (AvgIpc) is 2.48. The van der Waals surface area contributed by atoms with Crippen molar-refractivity contribution in [2.45, 2.75) is 13.0 Å². The normalized spacial score (nSPS) is 16.6. The highest BCUT2D eigenvalue weighted by Crippen LogP contribution is 2.41. The fourth-order valence-electron chi connectivity index (χ4n) is 2.33. The summed E-state index contributed by atoms with van der Waals surface area (Å²) < 4.78 is 11.5. The summed E-state index contributed by atoms with van der Waals surface area (Å²) in [7, 11) is 0. The Labute approximate surface area is 133 Å². The second kappa shape index (κ2) is 6.04. The predicted molar refractivity (Wildman–Crippen MR) is 85.9 cm³/mol. The van der Waals surface area contributed by atoms with Crippen LogP contribution in [-0.4, -0.2) is 13.2 Å². The van der Waals surface area contributed by atoms with Gasteiger partial charge >= 0.3 is 0 Å². The van der Waals surface area contributed by atoms with Crippen LogP contribution in [0.15, 0.2) is 36.4 Å². The van der Waals surface area contributed by atoms with E-state index in [0.717, 1.165) is 17.0 Å². The minimum atomic E-state index is -0.0909. The van der Waals surface area contributed by atoms with Crippen molar-refractivity contribution in [2.75, 3.05) is 18.5 Å². The first-order chi connectivity index (χ1) is 10.2. The molecule has 2 aromatic carbocycles. The molecular weight excluding hydrogens is 309 g/mol. The van der Waals surface area contributed by atoms with Gasteiger partial charge in [0.2, 0.25) is 0 Å². The molecule has 0 fully saturated rings. The quantitative estimate of drug-likeness (QED) is 0.868. The van der Waals surface area contributed by atoms with Gasteiger partial charge in [0.05, 0.1) is 23.9 Å². The number of benzene rings is 2. The molecule has 21 heavy (non-hydrogen) atoms. The number of ether oxygens (including phenoxy) is 2. The van der Waals surface area contributed by atoms with Crippen LogP contribution >= 0.6 is 23.2 Å². The third kappa shape index (κ3) is 3.04. The van der Waals surface area contributed by atoms with Gasteiger partial charge in [0.15, 0.2) is 5.75 Å². The average molecular weight is 324 g/mol. The third-order valence-corrected chi connectivity index (χ3v) is 3.81. The first-order valence-corrected chi connectivity index (χ1v) is 7.55. The zero-order valence-corrected chi connectivity index (χ0v) is 13.0. The second-order valence-corrected chi connectivity index (χ2v) is 5.60. The minimum absolute atomic E-state index is 0.0909. The summed E-state index contributed by atoms with van der Waals surface area (Å²) in [4.78, 5) is 0. The van der Waals surface area contributed by atoms with Gasteiger partial charge < -0.3 is 14.8 Å². The number of hydrogen-bond acceptors (Lipinski definition) is 3. The van der Waals surface area contributed by atoms with E-state index in [1.54, 1.807) is 6.07 Å². The lowest BCUT2D eigenvalue weighted by Gasteiger charge is -2.28. The molecule has 0 bridgehead atoms. The lowest BCUT2D eigenvalue weighted by Crippen LogP contribution is -2.23. The number of fused-ring (bicyclic) bond motifs is 1. The molecule has 110 valence electrons. The van der Waals surface area contributed by atoms with E-state index in [2.05, 4.69) is 5.32 Å². The van der Waals surface area contributed by atoms with Gasteiger partial charge in [-0.05, 0) is 36.8 Å². The van der Waals surface area contributed by atoms with E-state index < -0.39 is 0 Å². The van der Waals surface area contributed by atoms with Crippen molar-refractivity contribution in [1.82, 2.24) is 0 Å². The molecule has 0 saturated carbocycles. The summed E-state index contributed by atoms with van der Waals surface area (Å²) in [6.07, 6.45) is -0.0909. The van der Waals surface area contributed by atoms with E-state index in [-0.39, 0.29) is 6.10 Å². The highest BCUT2D eigenvalue weighted by molar-refractivity contribution is 6.36. The molecule has 1 heterocycles. The maximum absolute atomic E-state index is 6.20. The molecule has 0 saturated heterocycles. The molecule has 2 aromatic rings. The Kier molecular flexibility index (Phi) is 4.13. The molecule has 0 aromatic heterocycles. The number of hydrogen-bond donors (Lipinski definition) is 1. The predicted octanol–water partition coefficient (Wildman–Crippen LogP) is 4.94. The molecule has 1 aliphatic heterocycles. The van der Waals surface area contributed by atoms with Crippen LogP contribution < -0.4 is 14.8 Å². The number of rotatable bonds is 3. The van der Waals surface area contributed by atoms with E-state index in [9.17, 15) is 0 Å². The van der Waals surface area contributed by atoms with Crippen molar-refractivity contribution in [3.8, 4) is 11.5 Å². The van der Waals surface area contributed by atoms with Crippen molar-refractivity contribution in [3.05, 3.63) is 52.0 Å². The molecular formula is C16H15Cl2NO2. The molecule has 0 aliphatic carbocycles. The maximum Gasteiger partial charge on any atom is 0.162 e. The van der Waals surface area contributed by atoms with Gasteiger partial charge in [-0.15, -0.1) is 0 Å². The van der Waals surface area contributed by atoms with Gasteiger partial charge in [-0.2, -0.15) is 0 Å². The lowest BCUT2D eigenvalue weighted by atomic mass is 10.1. The van der Waals surface area contributed by atoms with Gasteiger partial charge in [0, 0.05) is 5.02 Å². The fourth-order valence-corrected chi connectivity index (χ4v) is 2.87. The minimum Gasteiger partial charge on any atom is -0.494 e. The number of halogens is 2. The van der Waals surface area contributed by atoms with Crippen LogP contribution in [0.2, 0.25) is 10.0 Å². The Morgan fingerprint density at radius 1 is 1.24 bits per heavy atom. The Bertz CT molecular complexity index is 643. The van der Waals surface area contributed by atoms with Gasteiger partial charge in [-0.1, -0.05) is 35.3 Å². The van der Waals surface area contributed by atoms with Gasteiger partial charge in [-0.3, -0.25) is 0 Å². The summed E-state index contributed by atoms with van der Waals surface area (Å²) in [6.45, 7) is 3.29. The van der Waals surface area contributed by atoms with Crippen molar-refractivity contribution in [3.63, 3.8) is 0 Å². The van der Waals surface area contributed by atoms with E-state index in [1.807, 2.05) is 37.3 Å². The lowest BCUT2D eigenvalue weighted by molar-refractivity contribution is 0.210. The summed E-state index contributed by atoms with van der Waals surface area (Å²) in [5.74, 6) is 1.50. The monoisotopic (exact) mass is 323 g/mol. The van der Waals surface area contributed by atoms with E-state index in [1.165, 1.54) is 0 Å². The van der Waals surface area contributed by atoms with Crippen LogP contribution in [-0.2, 0) is 0 Å². The summed E-state index contributed by atoms with van der Waals surface area (Å²) in [5.41, 5.74) is 1.90. The Hall–Kier alpha value is -1.58.